The molecule has 0 aromatic heterocycles. The van der Waals surface area contributed by atoms with Gasteiger partial charge in [0.05, 0.1) is 13.0 Å². The molecule has 1 aliphatic rings. The van der Waals surface area contributed by atoms with Gasteiger partial charge in [0.2, 0.25) is 0 Å². The van der Waals surface area contributed by atoms with E-state index in [0.29, 0.717) is 6.42 Å². The lowest BCUT2D eigenvalue weighted by Crippen LogP contribution is -2.14. The van der Waals surface area contributed by atoms with Crippen LogP contribution in [0.1, 0.15) is 6.42 Å². The van der Waals surface area contributed by atoms with Gasteiger partial charge in [0.15, 0.2) is 0 Å². The zero-order valence-corrected chi connectivity index (χ0v) is 5.65. The maximum Gasteiger partial charge on any atom is 0.455 e. The molecule has 1 aliphatic carbocycles. The monoisotopic (exact) mass is 144 g/mol. The summed E-state index contributed by atoms with van der Waals surface area (Å²) in [6, 6.07) is 0. The van der Waals surface area contributed by atoms with Gasteiger partial charge in [0.1, 0.15) is 0 Å². The van der Waals surface area contributed by atoms with E-state index in [-0.39, 0.29) is 17.7 Å². The Bertz CT molecular complexity index is 147. The van der Waals surface area contributed by atoms with Gasteiger partial charge >= 0.3 is 13.1 Å². The van der Waals surface area contributed by atoms with Gasteiger partial charge in [-0.05, 0) is 6.42 Å². The predicted octanol–water partition coefficient (Wildman–Crippen LogP) is -0.978. The molecule has 0 aromatic carbocycles. The first-order valence-corrected chi connectivity index (χ1v) is 3.10. The van der Waals surface area contributed by atoms with Crippen molar-refractivity contribution in [2.45, 2.75) is 12.2 Å². The van der Waals surface area contributed by atoms with Crippen molar-refractivity contribution < 1.29 is 19.6 Å². The summed E-state index contributed by atoms with van der Waals surface area (Å²) in [5.74, 6) is -0.935. The number of carbonyl (C=O) groups is 1. The Morgan fingerprint density at radius 1 is 1.70 bits per heavy atom. The Morgan fingerprint density at radius 3 is 2.60 bits per heavy atom. The molecule has 2 N–H and O–H groups in total. The van der Waals surface area contributed by atoms with Crippen molar-refractivity contribution in [1.82, 2.24) is 0 Å². The molecule has 56 valence electrons. The molecular formula is C5H9BO4. The summed E-state index contributed by atoms with van der Waals surface area (Å²) in [5.41, 5.74) is 0. The molecule has 0 spiro atoms. The van der Waals surface area contributed by atoms with E-state index < -0.39 is 7.12 Å². The molecule has 0 bridgehead atoms. The van der Waals surface area contributed by atoms with Gasteiger partial charge in [-0.1, -0.05) is 0 Å². The van der Waals surface area contributed by atoms with E-state index in [1.807, 2.05) is 0 Å². The van der Waals surface area contributed by atoms with Crippen LogP contribution in [0, 0.1) is 5.92 Å². The van der Waals surface area contributed by atoms with Crippen LogP contribution in [-0.4, -0.2) is 30.2 Å². The Morgan fingerprint density at radius 2 is 2.30 bits per heavy atom. The van der Waals surface area contributed by atoms with Crippen molar-refractivity contribution in [1.29, 1.82) is 0 Å². The smallest absolute Gasteiger partial charge is 0.455 e. The molecule has 0 unspecified atom stereocenters. The maximum atomic E-state index is 10.6. The highest BCUT2D eigenvalue weighted by molar-refractivity contribution is 6.45. The molecule has 0 radical (unpaired) electrons. The van der Waals surface area contributed by atoms with Crippen molar-refractivity contribution in [3.05, 3.63) is 0 Å². The summed E-state index contributed by atoms with van der Waals surface area (Å²) in [7, 11) is -0.0781. The van der Waals surface area contributed by atoms with Crippen molar-refractivity contribution in [2.75, 3.05) is 7.11 Å². The van der Waals surface area contributed by atoms with Gasteiger partial charge in [0.25, 0.3) is 0 Å². The molecular weight excluding hydrogens is 135 g/mol. The molecule has 0 aliphatic heterocycles. The summed E-state index contributed by atoms with van der Waals surface area (Å²) in [6.45, 7) is 0. The van der Waals surface area contributed by atoms with Gasteiger partial charge in [-0.2, -0.15) is 0 Å². The molecule has 10 heavy (non-hydrogen) atoms. The summed E-state index contributed by atoms with van der Waals surface area (Å²) in [4.78, 5) is 10.6. The van der Waals surface area contributed by atoms with Crippen LogP contribution < -0.4 is 0 Å². The Balaban J connectivity index is 2.31. The first-order chi connectivity index (χ1) is 4.66. The van der Waals surface area contributed by atoms with Crippen molar-refractivity contribution in [2.24, 2.45) is 5.92 Å². The third kappa shape index (κ3) is 1.30. The molecule has 2 atom stereocenters. The van der Waals surface area contributed by atoms with Crippen LogP contribution in [0.25, 0.3) is 0 Å². The molecule has 1 rings (SSSR count). The summed E-state index contributed by atoms with van der Waals surface area (Å²) >= 11 is 0. The molecule has 0 amide bonds. The second kappa shape index (κ2) is 2.60. The average Bonchev–Trinajstić information content (AvgIpc) is 2.64. The van der Waals surface area contributed by atoms with Gasteiger partial charge in [0, 0.05) is 5.82 Å². The highest BCUT2D eigenvalue weighted by atomic mass is 16.5. The van der Waals surface area contributed by atoms with Crippen LogP contribution in [0.15, 0.2) is 0 Å². The third-order valence-corrected chi connectivity index (χ3v) is 1.73. The Kier molecular flexibility index (Phi) is 1.96. The Hall–Kier alpha value is -0.545. The Labute approximate surface area is 58.9 Å². The van der Waals surface area contributed by atoms with Gasteiger partial charge in [-0.3, -0.25) is 4.79 Å². The number of hydrogen-bond donors (Lipinski definition) is 2. The van der Waals surface area contributed by atoms with Crippen LogP contribution in [0.2, 0.25) is 5.82 Å². The van der Waals surface area contributed by atoms with E-state index >= 15 is 0 Å². The number of hydrogen-bond acceptors (Lipinski definition) is 4. The maximum absolute atomic E-state index is 10.6. The minimum atomic E-state index is -1.37. The second-order valence-electron chi connectivity index (χ2n) is 2.44. The molecule has 0 aromatic rings. The van der Waals surface area contributed by atoms with E-state index in [1.54, 1.807) is 0 Å². The topological polar surface area (TPSA) is 66.8 Å². The van der Waals surface area contributed by atoms with Crippen molar-refractivity contribution >= 4 is 13.1 Å². The van der Waals surface area contributed by atoms with Crippen molar-refractivity contribution in [3.63, 3.8) is 0 Å². The number of ether oxygens (including phenoxy) is 1. The summed E-state index contributed by atoms with van der Waals surface area (Å²) in [5, 5.41) is 17.1. The average molecular weight is 144 g/mol. The molecule has 4 nitrogen and oxygen atoms in total. The predicted molar refractivity (Wildman–Crippen MR) is 34.1 cm³/mol. The molecule has 1 saturated carbocycles. The lowest BCUT2D eigenvalue weighted by atomic mass is 9.82. The van der Waals surface area contributed by atoms with Crippen LogP contribution in [0.5, 0.6) is 0 Å². The van der Waals surface area contributed by atoms with Gasteiger partial charge in [-0.25, -0.2) is 0 Å². The zero-order valence-electron chi connectivity index (χ0n) is 5.65. The first kappa shape index (κ1) is 7.56. The lowest BCUT2D eigenvalue weighted by Gasteiger charge is -1.95. The number of rotatable bonds is 2. The highest BCUT2D eigenvalue weighted by Gasteiger charge is 2.50. The standard InChI is InChI=1S/C5H9BO4/c1-10-5(7)3-2-4(3)6(8)9/h3-4,8-9H,2H2,1H3/t3-,4-/m1/s1. The number of esters is 1. The van der Waals surface area contributed by atoms with Crippen LogP contribution in [-0.2, 0) is 9.53 Å². The van der Waals surface area contributed by atoms with E-state index in [9.17, 15) is 4.79 Å². The van der Waals surface area contributed by atoms with E-state index in [2.05, 4.69) is 4.74 Å². The van der Waals surface area contributed by atoms with Crippen LogP contribution >= 0.6 is 0 Å². The van der Waals surface area contributed by atoms with Gasteiger partial charge in [-0.15, -0.1) is 0 Å². The minimum Gasteiger partial charge on any atom is -0.469 e. The fourth-order valence-corrected chi connectivity index (χ4v) is 0.967. The SMILES string of the molecule is COC(=O)[C@@H]1C[C@H]1B(O)O. The molecule has 1 fully saturated rings. The fraction of sp³-hybridized carbons (Fsp3) is 0.800. The van der Waals surface area contributed by atoms with E-state index in [4.69, 9.17) is 10.0 Å². The molecule has 0 saturated heterocycles. The van der Waals surface area contributed by atoms with Crippen molar-refractivity contribution in [3.8, 4) is 0 Å². The van der Waals surface area contributed by atoms with Crippen LogP contribution in [0.4, 0.5) is 0 Å². The fourth-order valence-electron chi connectivity index (χ4n) is 0.967. The molecule has 0 heterocycles. The zero-order chi connectivity index (χ0) is 7.72. The first-order valence-electron chi connectivity index (χ1n) is 3.10. The molecule has 5 heteroatoms. The van der Waals surface area contributed by atoms with Crippen LogP contribution in [0.3, 0.4) is 0 Å². The third-order valence-electron chi connectivity index (χ3n) is 1.73. The summed E-state index contributed by atoms with van der Waals surface area (Å²) < 4.78 is 4.39. The largest absolute Gasteiger partial charge is 0.469 e. The number of carbonyl (C=O) groups excluding carboxylic acids is 1. The van der Waals surface area contributed by atoms with E-state index in [1.165, 1.54) is 7.11 Å². The minimum absolute atomic E-state index is 0.287. The normalized spacial score (nSPS) is 29.5. The highest BCUT2D eigenvalue weighted by Crippen LogP contribution is 2.46. The second-order valence-corrected chi connectivity index (χ2v) is 2.44. The summed E-state index contributed by atoms with van der Waals surface area (Å²) in [6.07, 6.45) is 0.532. The van der Waals surface area contributed by atoms with E-state index in [0.717, 1.165) is 0 Å². The van der Waals surface area contributed by atoms with Gasteiger partial charge < -0.3 is 14.8 Å². The lowest BCUT2D eigenvalue weighted by molar-refractivity contribution is -0.142. The number of methoxy groups -OCH3 is 1. The quantitative estimate of drug-likeness (QED) is 0.386.